The number of nitrogens with two attached hydrogens (primary N) is 2. The van der Waals surface area contributed by atoms with Crippen LogP contribution in [0.4, 0.5) is 0 Å². The van der Waals surface area contributed by atoms with Crippen molar-refractivity contribution >= 4 is 0 Å². The van der Waals surface area contributed by atoms with Crippen LogP contribution >= 0.6 is 0 Å². The van der Waals surface area contributed by atoms with Gasteiger partial charge in [0.25, 0.3) is 0 Å². The third kappa shape index (κ3) is 1.67. The second kappa shape index (κ2) is 3.93. The van der Waals surface area contributed by atoms with Crippen LogP contribution in [0.15, 0.2) is 24.3 Å². The van der Waals surface area contributed by atoms with Gasteiger partial charge in [-0.3, -0.25) is 10.6 Å². The van der Waals surface area contributed by atoms with Crippen LogP contribution in [0.1, 0.15) is 17.2 Å². The van der Waals surface area contributed by atoms with Gasteiger partial charge in [0.2, 0.25) is 6.17 Å². The van der Waals surface area contributed by atoms with Gasteiger partial charge in [-0.15, -0.1) is 0 Å². The summed E-state index contributed by atoms with van der Waals surface area (Å²) < 4.78 is 5.93. The van der Waals surface area contributed by atoms with E-state index < -0.39 is 0 Å². The molecule has 3 rings (SSSR count). The summed E-state index contributed by atoms with van der Waals surface area (Å²) in [6, 6.07) is 8.71. The Labute approximate surface area is 89.8 Å². The number of rotatable bonds is 1. The molecule has 0 unspecified atom stereocenters. The van der Waals surface area contributed by atoms with E-state index in [0.29, 0.717) is 6.17 Å². The second-order valence-electron chi connectivity index (χ2n) is 4.37. The highest BCUT2D eigenvalue weighted by Crippen LogP contribution is 2.26. The minimum Gasteiger partial charge on any atom is -0.361 e. The van der Waals surface area contributed by atoms with Crippen LogP contribution in [-0.2, 0) is 11.2 Å². The molecule has 2 aliphatic heterocycles. The average Bonchev–Trinajstić information content (AvgIpc) is 2.82. The predicted octanol–water partition coefficient (Wildman–Crippen LogP) is -1.23. The Balaban J connectivity index is 1.91. The molecule has 2 aliphatic rings. The summed E-state index contributed by atoms with van der Waals surface area (Å²) in [7, 11) is 0. The molecule has 0 saturated carbocycles. The van der Waals surface area contributed by atoms with E-state index >= 15 is 0 Å². The van der Waals surface area contributed by atoms with Crippen molar-refractivity contribution in [2.75, 3.05) is 19.7 Å². The van der Waals surface area contributed by atoms with Crippen LogP contribution in [0.25, 0.3) is 0 Å². The Morgan fingerprint density at radius 2 is 1.93 bits per heavy atom. The molecule has 80 valence electrons. The third-order valence-electron chi connectivity index (χ3n) is 3.42. The highest BCUT2D eigenvalue weighted by atomic mass is 16.5. The van der Waals surface area contributed by atoms with E-state index in [4.69, 9.17) is 4.74 Å². The van der Waals surface area contributed by atoms with E-state index in [1.165, 1.54) is 24.2 Å². The largest absolute Gasteiger partial charge is 0.361 e. The molecule has 15 heavy (non-hydrogen) atoms. The smallest absolute Gasteiger partial charge is 0.241 e. The lowest BCUT2D eigenvalue weighted by molar-refractivity contribution is -0.845. The summed E-state index contributed by atoms with van der Waals surface area (Å²) in [5.41, 5.74) is 2.88. The van der Waals surface area contributed by atoms with Gasteiger partial charge in [0.05, 0.1) is 6.61 Å². The minimum atomic E-state index is 0.289. The molecule has 0 spiro atoms. The van der Waals surface area contributed by atoms with Crippen LogP contribution in [0.3, 0.4) is 0 Å². The molecule has 4 N–H and O–H groups in total. The molecule has 1 saturated heterocycles. The highest BCUT2D eigenvalue weighted by Gasteiger charge is 2.36. The van der Waals surface area contributed by atoms with Gasteiger partial charge in [0.15, 0.2) is 6.10 Å². The van der Waals surface area contributed by atoms with Gasteiger partial charge < -0.3 is 4.74 Å². The van der Waals surface area contributed by atoms with Gasteiger partial charge in [-0.1, -0.05) is 24.3 Å². The first-order chi connectivity index (χ1) is 7.45. The van der Waals surface area contributed by atoms with Gasteiger partial charge in [-0.25, -0.2) is 0 Å². The number of hydrogen-bond donors (Lipinski definition) is 2. The van der Waals surface area contributed by atoms with Gasteiger partial charge in [0.1, 0.15) is 13.1 Å². The topological polar surface area (TPSA) is 42.5 Å². The molecule has 3 heteroatoms. The fraction of sp³-hybridized carbons (Fsp3) is 0.500. The quantitative estimate of drug-likeness (QED) is 0.593. The van der Waals surface area contributed by atoms with Crippen molar-refractivity contribution in [1.29, 1.82) is 0 Å². The molecule has 0 bridgehead atoms. The van der Waals surface area contributed by atoms with E-state index in [1.54, 1.807) is 0 Å². The van der Waals surface area contributed by atoms with E-state index in [9.17, 15) is 0 Å². The van der Waals surface area contributed by atoms with Gasteiger partial charge in [-0.2, -0.15) is 0 Å². The summed E-state index contributed by atoms with van der Waals surface area (Å²) in [6.07, 6.45) is 1.89. The molecule has 1 fully saturated rings. The van der Waals surface area contributed by atoms with Crippen LogP contribution in [0.5, 0.6) is 0 Å². The van der Waals surface area contributed by atoms with Crippen molar-refractivity contribution < 1.29 is 15.4 Å². The molecular formula is C12H18N2O+2. The molecule has 1 aromatic rings. The Hall–Kier alpha value is -0.900. The zero-order valence-electron chi connectivity index (χ0n) is 8.86. The van der Waals surface area contributed by atoms with Gasteiger partial charge >= 0.3 is 0 Å². The highest BCUT2D eigenvalue weighted by molar-refractivity contribution is 5.31. The van der Waals surface area contributed by atoms with Crippen molar-refractivity contribution in [2.24, 2.45) is 0 Å². The number of hydrogen-bond acceptors (Lipinski definition) is 1. The Morgan fingerprint density at radius 3 is 2.80 bits per heavy atom. The normalized spacial score (nSPS) is 26.5. The SMILES string of the molecule is c1ccc2c(c1)CCO[C@@H]2C1[NH2+]CC[NH2+]1. The minimum absolute atomic E-state index is 0.289. The molecule has 0 amide bonds. The van der Waals surface area contributed by atoms with Crippen LogP contribution in [-0.4, -0.2) is 25.9 Å². The summed E-state index contributed by atoms with van der Waals surface area (Å²) in [5.74, 6) is 0. The molecule has 2 heterocycles. The van der Waals surface area contributed by atoms with Crippen LogP contribution in [0.2, 0.25) is 0 Å². The van der Waals surface area contributed by atoms with Crippen molar-refractivity contribution in [3.8, 4) is 0 Å². The van der Waals surface area contributed by atoms with Crippen molar-refractivity contribution in [3.63, 3.8) is 0 Å². The molecule has 1 aromatic carbocycles. The lowest BCUT2D eigenvalue weighted by Gasteiger charge is -2.26. The van der Waals surface area contributed by atoms with Gasteiger partial charge in [0, 0.05) is 0 Å². The first-order valence-electron chi connectivity index (χ1n) is 5.81. The lowest BCUT2D eigenvalue weighted by atomic mass is 9.96. The maximum Gasteiger partial charge on any atom is 0.241 e. The maximum absolute atomic E-state index is 5.93. The molecule has 0 aliphatic carbocycles. The molecule has 0 radical (unpaired) electrons. The van der Waals surface area contributed by atoms with Crippen molar-refractivity contribution in [2.45, 2.75) is 18.7 Å². The maximum atomic E-state index is 5.93. The van der Waals surface area contributed by atoms with E-state index in [0.717, 1.165) is 13.0 Å². The molecular weight excluding hydrogens is 188 g/mol. The van der Waals surface area contributed by atoms with Gasteiger partial charge in [-0.05, 0) is 17.5 Å². The number of benzene rings is 1. The van der Waals surface area contributed by atoms with E-state index in [1.807, 2.05) is 0 Å². The molecule has 0 aromatic heterocycles. The average molecular weight is 206 g/mol. The lowest BCUT2D eigenvalue weighted by Crippen LogP contribution is -3.04. The third-order valence-corrected chi connectivity index (χ3v) is 3.42. The summed E-state index contributed by atoms with van der Waals surface area (Å²) in [6.45, 7) is 3.30. The van der Waals surface area contributed by atoms with E-state index in [-0.39, 0.29) is 6.10 Å². The number of quaternary nitrogens is 2. The zero-order chi connectivity index (χ0) is 10.1. The predicted molar refractivity (Wildman–Crippen MR) is 56.2 cm³/mol. The summed E-state index contributed by atoms with van der Waals surface area (Å²) in [5, 5.41) is 4.79. The fourth-order valence-corrected chi connectivity index (χ4v) is 2.66. The Bertz CT molecular complexity index is 347. The Kier molecular flexibility index (Phi) is 2.44. The van der Waals surface area contributed by atoms with Crippen molar-refractivity contribution in [3.05, 3.63) is 35.4 Å². The Morgan fingerprint density at radius 1 is 1.13 bits per heavy atom. The molecule has 1 atom stereocenters. The fourth-order valence-electron chi connectivity index (χ4n) is 2.66. The van der Waals surface area contributed by atoms with Crippen LogP contribution < -0.4 is 10.6 Å². The number of ether oxygens (including phenoxy) is 1. The van der Waals surface area contributed by atoms with E-state index in [2.05, 4.69) is 34.9 Å². The number of fused-ring (bicyclic) bond motifs is 1. The summed E-state index contributed by atoms with van der Waals surface area (Å²) in [4.78, 5) is 0. The molecule has 3 nitrogen and oxygen atoms in total. The first kappa shape index (κ1) is 9.33. The first-order valence-corrected chi connectivity index (χ1v) is 5.81. The standard InChI is InChI=1S/C12H16N2O/c1-2-4-10-9(3-1)5-8-15-11(10)12-13-6-7-14-12/h1-4,11-14H,5-8H2/p+2/t11-/m0/s1. The summed E-state index contributed by atoms with van der Waals surface area (Å²) >= 11 is 0. The van der Waals surface area contributed by atoms with Crippen LogP contribution in [0, 0.1) is 0 Å². The monoisotopic (exact) mass is 206 g/mol. The second-order valence-corrected chi connectivity index (χ2v) is 4.37. The van der Waals surface area contributed by atoms with Crippen molar-refractivity contribution in [1.82, 2.24) is 0 Å². The zero-order valence-corrected chi connectivity index (χ0v) is 8.86.